The SMILES string of the molecule is CCn1ncc2c(NC3CCC(C(=O)O)CC3)c(C3=NOC4(CCC(C(N)=O)CC4)C3)cnc21. The van der Waals surface area contributed by atoms with Crippen LogP contribution in [0.25, 0.3) is 11.0 Å². The van der Waals surface area contributed by atoms with Crippen molar-refractivity contribution in [1.29, 1.82) is 0 Å². The van der Waals surface area contributed by atoms with E-state index < -0.39 is 5.97 Å². The minimum absolute atomic E-state index is 0.0886. The van der Waals surface area contributed by atoms with Crippen molar-refractivity contribution in [3.8, 4) is 0 Å². The van der Waals surface area contributed by atoms with E-state index in [0.717, 1.165) is 66.5 Å². The van der Waals surface area contributed by atoms with Gasteiger partial charge in [-0.2, -0.15) is 5.10 Å². The number of nitrogens with one attached hydrogen (secondary N) is 1. The first kappa shape index (κ1) is 22.6. The Morgan fingerprint density at radius 3 is 2.56 bits per heavy atom. The van der Waals surface area contributed by atoms with Gasteiger partial charge in [0, 0.05) is 36.7 Å². The first-order chi connectivity index (χ1) is 16.4. The number of hydrogen-bond donors (Lipinski definition) is 3. The second-order valence-electron chi connectivity index (χ2n) is 9.94. The van der Waals surface area contributed by atoms with Gasteiger partial charge in [-0.3, -0.25) is 9.59 Å². The summed E-state index contributed by atoms with van der Waals surface area (Å²) in [6, 6.07) is 0.174. The molecular formula is C24H32N6O4. The van der Waals surface area contributed by atoms with Gasteiger partial charge in [0.1, 0.15) is 5.60 Å². The summed E-state index contributed by atoms with van der Waals surface area (Å²) < 4.78 is 1.87. The molecule has 5 rings (SSSR count). The molecule has 1 aliphatic heterocycles. The number of carbonyl (C=O) groups excluding carboxylic acids is 1. The zero-order valence-electron chi connectivity index (χ0n) is 19.5. The summed E-state index contributed by atoms with van der Waals surface area (Å²) in [4.78, 5) is 33.6. The van der Waals surface area contributed by atoms with Crippen molar-refractivity contribution in [2.75, 3.05) is 5.32 Å². The topological polar surface area (TPSA) is 145 Å². The summed E-state index contributed by atoms with van der Waals surface area (Å²) in [6.45, 7) is 2.75. The van der Waals surface area contributed by atoms with E-state index in [-0.39, 0.29) is 29.4 Å². The van der Waals surface area contributed by atoms with Gasteiger partial charge < -0.3 is 21.0 Å². The van der Waals surface area contributed by atoms with Gasteiger partial charge in [-0.05, 0) is 58.3 Å². The maximum absolute atomic E-state index is 11.6. The van der Waals surface area contributed by atoms with E-state index >= 15 is 0 Å². The standard InChI is InChI=1S/C24H32N6O4/c1-2-30-22-18(13-27-30)20(28-16-5-3-15(4-6-16)23(32)33)17(12-26-22)19-11-24(34-29-19)9-7-14(8-10-24)21(25)31/h12-16H,2-11H2,1H3,(H2,25,31)(H,26,28)(H,32,33). The molecule has 4 N–H and O–H groups in total. The lowest BCUT2D eigenvalue weighted by molar-refractivity contribution is -0.142. The smallest absolute Gasteiger partial charge is 0.306 e. The first-order valence-electron chi connectivity index (χ1n) is 12.3. The maximum atomic E-state index is 11.6. The number of nitrogens with two attached hydrogens (primary N) is 1. The largest absolute Gasteiger partial charge is 0.481 e. The molecule has 1 amide bonds. The Kier molecular flexibility index (Phi) is 5.91. The number of carbonyl (C=O) groups is 2. The molecule has 0 aromatic carbocycles. The Morgan fingerprint density at radius 1 is 1.18 bits per heavy atom. The summed E-state index contributed by atoms with van der Waals surface area (Å²) in [7, 11) is 0. The van der Waals surface area contributed by atoms with E-state index in [1.165, 1.54) is 0 Å². The maximum Gasteiger partial charge on any atom is 0.306 e. The van der Waals surface area contributed by atoms with Crippen molar-refractivity contribution in [3.05, 3.63) is 18.0 Å². The van der Waals surface area contributed by atoms with Gasteiger partial charge in [0.25, 0.3) is 0 Å². The number of aliphatic carboxylic acids is 1. The molecule has 0 atom stereocenters. The molecule has 2 aliphatic carbocycles. The molecule has 2 saturated carbocycles. The van der Waals surface area contributed by atoms with Gasteiger partial charge in [0.2, 0.25) is 5.91 Å². The van der Waals surface area contributed by atoms with Gasteiger partial charge in [-0.25, -0.2) is 9.67 Å². The van der Waals surface area contributed by atoms with Crippen LogP contribution in [0.4, 0.5) is 5.69 Å². The number of carboxylic acid groups (broad SMARTS) is 1. The highest BCUT2D eigenvalue weighted by Crippen LogP contribution is 2.43. The fraction of sp³-hybridized carbons (Fsp3) is 0.625. The quantitative estimate of drug-likeness (QED) is 0.591. The summed E-state index contributed by atoms with van der Waals surface area (Å²) in [5, 5.41) is 23.0. The molecule has 182 valence electrons. The molecule has 2 aromatic heterocycles. The van der Waals surface area contributed by atoms with Crippen molar-refractivity contribution in [3.63, 3.8) is 0 Å². The molecule has 2 aromatic rings. The summed E-state index contributed by atoms with van der Waals surface area (Å²) in [5.41, 5.74) is 8.61. The molecule has 0 bridgehead atoms. The van der Waals surface area contributed by atoms with E-state index in [1.807, 2.05) is 24.0 Å². The zero-order valence-corrected chi connectivity index (χ0v) is 19.5. The van der Waals surface area contributed by atoms with Crippen LogP contribution >= 0.6 is 0 Å². The molecule has 0 saturated heterocycles. The summed E-state index contributed by atoms with van der Waals surface area (Å²) in [5.74, 6) is -1.29. The van der Waals surface area contributed by atoms with Gasteiger partial charge in [0.15, 0.2) is 5.65 Å². The molecule has 3 heterocycles. The predicted octanol–water partition coefficient (Wildman–Crippen LogP) is 3.05. The molecule has 34 heavy (non-hydrogen) atoms. The van der Waals surface area contributed by atoms with Crippen molar-refractivity contribution >= 4 is 34.3 Å². The number of nitrogens with zero attached hydrogens (tertiary/aromatic N) is 4. The first-order valence-corrected chi connectivity index (χ1v) is 12.3. The second-order valence-corrected chi connectivity index (χ2v) is 9.94. The van der Waals surface area contributed by atoms with E-state index in [4.69, 9.17) is 15.6 Å². The van der Waals surface area contributed by atoms with E-state index in [2.05, 4.69) is 15.6 Å². The number of aryl methyl sites for hydroxylation is 1. The molecule has 1 spiro atoms. The van der Waals surface area contributed by atoms with Crippen LogP contribution in [0.5, 0.6) is 0 Å². The number of oxime groups is 1. The highest BCUT2D eigenvalue weighted by atomic mass is 16.7. The normalized spacial score (nSPS) is 29.1. The number of aromatic nitrogens is 3. The van der Waals surface area contributed by atoms with Crippen LogP contribution in [-0.2, 0) is 21.0 Å². The second kappa shape index (κ2) is 8.88. The Hall–Kier alpha value is -3.17. The highest BCUT2D eigenvalue weighted by molar-refractivity contribution is 6.10. The fourth-order valence-corrected chi connectivity index (χ4v) is 5.68. The zero-order chi connectivity index (χ0) is 23.9. The van der Waals surface area contributed by atoms with E-state index in [0.29, 0.717) is 25.8 Å². The van der Waals surface area contributed by atoms with Gasteiger partial charge in [-0.1, -0.05) is 5.16 Å². The number of fused-ring (bicyclic) bond motifs is 1. The fourth-order valence-electron chi connectivity index (χ4n) is 5.68. The van der Waals surface area contributed by atoms with Gasteiger partial charge >= 0.3 is 5.97 Å². The molecule has 2 fully saturated rings. The third kappa shape index (κ3) is 4.10. The number of pyridine rings is 1. The van der Waals surface area contributed by atoms with Crippen LogP contribution < -0.4 is 11.1 Å². The van der Waals surface area contributed by atoms with Crippen LogP contribution in [-0.4, -0.2) is 49.1 Å². The number of amides is 1. The Morgan fingerprint density at radius 2 is 1.91 bits per heavy atom. The number of primary amides is 1. The predicted molar refractivity (Wildman–Crippen MR) is 126 cm³/mol. The molecule has 3 aliphatic rings. The lowest BCUT2D eigenvalue weighted by Gasteiger charge is -2.33. The third-order valence-corrected chi connectivity index (χ3v) is 7.84. The number of anilines is 1. The van der Waals surface area contributed by atoms with Gasteiger partial charge in [-0.15, -0.1) is 0 Å². The number of rotatable bonds is 6. The Balaban J connectivity index is 1.40. The van der Waals surface area contributed by atoms with Crippen LogP contribution in [0.15, 0.2) is 17.5 Å². The minimum atomic E-state index is -0.705. The molecular weight excluding hydrogens is 436 g/mol. The number of carboxylic acids is 1. The van der Waals surface area contributed by atoms with Crippen LogP contribution in [0.1, 0.15) is 70.3 Å². The van der Waals surface area contributed by atoms with Crippen molar-refractivity contribution < 1.29 is 19.5 Å². The molecule has 10 heteroatoms. The lowest BCUT2D eigenvalue weighted by Crippen LogP contribution is -2.38. The summed E-state index contributed by atoms with van der Waals surface area (Å²) >= 11 is 0. The minimum Gasteiger partial charge on any atom is -0.481 e. The van der Waals surface area contributed by atoms with E-state index in [1.54, 1.807) is 0 Å². The number of hydrogen-bond acceptors (Lipinski definition) is 7. The monoisotopic (exact) mass is 468 g/mol. The Labute approximate surface area is 197 Å². The summed E-state index contributed by atoms with van der Waals surface area (Å²) in [6.07, 6.45) is 10.2. The van der Waals surface area contributed by atoms with Crippen molar-refractivity contribution in [2.24, 2.45) is 22.7 Å². The van der Waals surface area contributed by atoms with Gasteiger partial charge in [0.05, 0.1) is 28.9 Å². The van der Waals surface area contributed by atoms with Crippen LogP contribution in [0.2, 0.25) is 0 Å². The van der Waals surface area contributed by atoms with Crippen LogP contribution in [0, 0.1) is 11.8 Å². The van der Waals surface area contributed by atoms with Crippen molar-refractivity contribution in [1.82, 2.24) is 14.8 Å². The molecule has 10 nitrogen and oxygen atoms in total. The van der Waals surface area contributed by atoms with Crippen molar-refractivity contribution in [2.45, 2.75) is 82.9 Å². The molecule has 0 radical (unpaired) electrons. The highest BCUT2D eigenvalue weighted by Gasteiger charge is 2.44. The average Bonchev–Trinajstić information content (AvgIpc) is 3.44. The lowest BCUT2D eigenvalue weighted by atomic mass is 9.76. The Bertz CT molecular complexity index is 1130. The van der Waals surface area contributed by atoms with E-state index in [9.17, 15) is 14.7 Å². The third-order valence-electron chi connectivity index (χ3n) is 7.84. The molecule has 0 unspecified atom stereocenters. The van der Waals surface area contributed by atoms with Crippen LogP contribution in [0.3, 0.4) is 0 Å². The average molecular weight is 469 g/mol.